The van der Waals surface area contributed by atoms with Crippen LogP contribution in [-0.4, -0.2) is 49.8 Å². The van der Waals surface area contributed by atoms with E-state index in [-0.39, 0.29) is 6.04 Å². The first-order valence-electron chi connectivity index (χ1n) is 6.97. The first kappa shape index (κ1) is 17.4. The minimum absolute atomic E-state index is 0.242. The van der Waals surface area contributed by atoms with Crippen molar-refractivity contribution >= 4 is 41.9 Å². The number of halogens is 2. The Kier molecular flexibility index (Phi) is 5.52. The van der Waals surface area contributed by atoms with E-state index in [4.69, 9.17) is 0 Å². The van der Waals surface area contributed by atoms with Gasteiger partial charge in [0.2, 0.25) is 10.0 Å². The maximum atomic E-state index is 12.9. The van der Waals surface area contributed by atoms with Gasteiger partial charge in [0.25, 0.3) is 0 Å². The Labute approximate surface area is 143 Å². The molecule has 2 rings (SSSR count). The summed E-state index contributed by atoms with van der Waals surface area (Å²) in [6.07, 6.45) is 0. The molecule has 1 atom stereocenters. The van der Waals surface area contributed by atoms with Gasteiger partial charge in [-0.05, 0) is 54.0 Å². The second kappa shape index (κ2) is 6.66. The number of hydrogen-bond acceptors (Lipinski definition) is 3. The smallest absolute Gasteiger partial charge is 0.244 e. The molecule has 1 saturated heterocycles. The van der Waals surface area contributed by atoms with E-state index in [1.165, 1.54) is 0 Å². The number of sulfonamides is 1. The third-order valence-electron chi connectivity index (χ3n) is 3.96. The van der Waals surface area contributed by atoms with Crippen molar-refractivity contribution in [3.8, 4) is 0 Å². The van der Waals surface area contributed by atoms with Gasteiger partial charge in [-0.15, -0.1) is 0 Å². The number of hydrogen-bond donors (Lipinski definition) is 0. The first-order chi connectivity index (χ1) is 9.77. The fourth-order valence-electron chi connectivity index (χ4n) is 2.61. The van der Waals surface area contributed by atoms with E-state index in [0.717, 1.165) is 23.1 Å². The van der Waals surface area contributed by atoms with Crippen LogP contribution < -0.4 is 0 Å². The summed E-state index contributed by atoms with van der Waals surface area (Å²) in [5.41, 5.74) is 1.00. The predicted molar refractivity (Wildman–Crippen MR) is 92.0 cm³/mol. The van der Waals surface area contributed by atoms with Crippen molar-refractivity contribution in [2.45, 2.75) is 31.7 Å². The lowest BCUT2D eigenvalue weighted by Gasteiger charge is -2.38. The second-order valence-electron chi connectivity index (χ2n) is 5.37. The van der Waals surface area contributed by atoms with Gasteiger partial charge in [-0.1, -0.05) is 22.9 Å². The molecule has 0 aromatic heterocycles. The quantitative estimate of drug-likeness (QED) is 0.725. The van der Waals surface area contributed by atoms with Gasteiger partial charge in [-0.2, -0.15) is 4.31 Å². The molecule has 1 heterocycles. The molecule has 7 heteroatoms. The van der Waals surface area contributed by atoms with Crippen LogP contribution >= 0.6 is 31.9 Å². The highest BCUT2D eigenvalue weighted by molar-refractivity contribution is 9.11. The monoisotopic (exact) mass is 438 g/mol. The van der Waals surface area contributed by atoms with Crippen LogP contribution in [0.4, 0.5) is 0 Å². The lowest BCUT2D eigenvalue weighted by molar-refractivity contribution is 0.135. The summed E-state index contributed by atoms with van der Waals surface area (Å²) < 4.78 is 28.8. The van der Waals surface area contributed by atoms with Crippen LogP contribution in [0.2, 0.25) is 0 Å². The molecule has 0 amide bonds. The number of benzene rings is 1. The molecule has 0 N–H and O–H groups in total. The molecular formula is C14H20Br2N2O2S. The molecule has 0 saturated carbocycles. The Hall–Kier alpha value is 0.0500. The zero-order valence-electron chi connectivity index (χ0n) is 12.4. The largest absolute Gasteiger partial charge is 0.298 e. The summed E-state index contributed by atoms with van der Waals surface area (Å²) in [6.45, 7) is 8.93. The van der Waals surface area contributed by atoms with E-state index < -0.39 is 10.0 Å². The van der Waals surface area contributed by atoms with E-state index in [0.29, 0.717) is 22.5 Å². The number of nitrogens with zero attached hydrogens (tertiary/aromatic N) is 2. The van der Waals surface area contributed by atoms with Crippen molar-refractivity contribution in [1.29, 1.82) is 0 Å². The van der Waals surface area contributed by atoms with Gasteiger partial charge in [0.1, 0.15) is 0 Å². The minimum Gasteiger partial charge on any atom is -0.298 e. The fraction of sp³-hybridized carbons (Fsp3) is 0.571. The van der Waals surface area contributed by atoms with Gasteiger partial charge in [0.05, 0.1) is 4.90 Å². The number of rotatable bonds is 3. The molecule has 1 aromatic carbocycles. The molecule has 21 heavy (non-hydrogen) atoms. The number of piperazine rings is 1. The molecule has 4 nitrogen and oxygen atoms in total. The topological polar surface area (TPSA) is 40.6 Å². The minimum atomic E-state index is -3.47. The summed E-state index contributed by atoms with van der Waals surface area (Å²) in [4.78, 5) is 2.63. The van der Waals surface area contributed by atoms with Crippen LogP contribution in [-0.2, 0) is 10.0 Å². The molecule has 1 aliphatic heterocycles. The number of likely N-dealkylation sites (N-methyl/N-ethyl adjacent to an activating group) is 1. The summed E-state index contributed by atoms with van der Waals surface area (Å²) in [7, 11) is -3.47. The van der Waals surface area contributed by atoms with Crippen molar-refractivity contribution in [3.63, 3.8) is 0 Å². The van der Waals surface area contributed by atoms with Gasteiger partial charge in [-0.25, -0.2) is 8.42 Å². The van der Waals surface area contributed by atoms with Gasteiger partial charge in [0.15, 0.2) is 0 Å². The molecular weight excluding hydrogens is 420 g/mol. The van der Waals surface area contributed by atoms with Crippen LogP contribution in [0.25, 0.3) is 0 Å². The van der Waals surface area contributed by atoms with Gasteiger partial charge < -0.3 is 0 Å². The van der Waals surface area contributed by atoms with Crippen molar-refractivity contribution in [3.05, 3.63) is 26.6 Å². The molecule has 1 unspecified atom stereocenters. The van der Waals surface area contributed by atoms with Gasteiger partial charge >= 0.3 is 0 Å². The molecule has 0 radical (unpaired) electrons. The lowest BCUT2D eigenvalue weighted by Crippen LogP contribution is -2.53. The summed E-state index contributed by atoms with van der Waals surface area (Å²) >= 11 is 6.80. The Bertz CT molecular complexity index is 634. The van der Waals surface area contributed by atoms with Crippen molar-refractivity contribution in [2.24, 2.45) is 0 Å². The van der Waals surface area contributed by atoms with Gasteiger partial charge in [-0.3, -0.25) is 4.90 Å². The summed E-state index contributed by atoms with van der Waals surface area (Å²) in [5.74, 6) is 0. The standard InChI is InChI=1S/C14H20Br2N2O2S/c1-4-17-5-6-18(9-11(17)3)21(19,20)14-8-12(15)10(2)7-13(14)16/h7-8,11H,4-6,9H2,1-3H3. The fourth-order valence-corrected chi connectivity index (χ4v) is 5.77. The van der Waals surface area contributed by atoms with Crippen LogP contribution in [0.15, 0.2) is 26.0 Å². The molecule has 1 aromatic rings. The highest BCUT2D eigenvalue weighted by atomic mass is 79.9. The molecule has 0 spiro atoms. The molecule has 118 valence electrons. The highest BCUT2D eigenvalue weighted by Crippen LogP contribution is 2.31. The van der Waals surface area contributed by atoms with Crippen LogP contribution in [0.3, 0.4) is 0 Å². The van der Waals surface area contributed by atoms with E-state index >= 15 is 0 Å². The zero-order valence-corrected chi connectivity index (χ0v) is 16.4. The van der Waals surface area contributed by atoms with E-state index in [2.05, 4.69) is 50.6 Å². The van der Waals surface area contributed by atoms with Crippen molar-refractivity contribution < 1.29 is 8.42 Å². The second-order valence-corrected chi connectivity index (χ2v) is 8.99. The van der Waals surface area contributed by atoms with E-state index in [1.807, 2.05) is 13.0 Å². The van der Waals surface area contributed by atoms with E-state index in [9.17, 15) is 8.42 Å². The van der Waals surface area contributed by atoms with Crippen molar-refractivity contribution in [2.75, 3.05) is 26.2 Å². The molecule has 0 bridgehead atoms. The number of aryl methyl sites for hydroxylation is 1. The first-order valence-corrected chi connectivity index (χ1v) is 9.99. The lowest BCUT2D eigenvalue weighted by atomic mass is 10.2. The predicted octanol–water partition coefficient (Wildman–Crippen LogP) is 3.23. The van der Waals surface area contributed by atoms with Crippen LogP contribution in [0.1, 0.15) is 19.4 Å². The van der Waals surface area contributed by atoms with E-state index in [1.54, 1.807) is 10.4 Å². The summed E-state index contributed by atoms with van der Waals surface area (Å²) in [6, 6.07) is 3.76. The molecule has 0 aliphatic carbocycles. The SMILES string of the molecule is CCN1CCN(S(=O)(=O)c2cc(Br)c(C)cc2Br)CC1C. The molecule has 1 aliphatic rings. The van der Waals surface area contributed by atoms with Crippen LogP contribution in [0, 0.1) is 6.92 Å². The normalized spacial score (nSPS) is 21.7. The Balaban J connectivity index is 2.33. The maximum Gasteiger partial charge on any atom is 0.244 e. The summed E-state index contributed by atoms with van der Waals surface area (Å²) in [5, 5.41) is 0. The average Bonchev–Trinajstić information content (AvgIpc) is 2.42. The van der Waals surface area contributed by atoms with Crippen LogP contribution in [0.5, 0.6) is 0 Å². The van der Waals surface area contributed by atoms with Gasteiger partial charge in [0, 0.05) is 34.6 Å². The molecule has 1 fully saturated rings. The Morgan fingerprint density at radius 3 is 2.48 bits per heavy atom. The Morgan fingerprint density at radius 1 is 1.24 bits per heavy atom. The third kappa shape index (κ3) is 3.52. The zero-order chi connectivity index (χ0) is 15.8. The highest BCUT2D eigenvalue weighted by Gasteiger charge is 2.33. The average molecular weight is 440 g/mol. The Morgan fingerprint density at radius 2 is 1.90 bits per heavy atom. The van der Waals surface area contributed by atoms with Crippen molar-refractivity contribution in [1.82, 2.24) is 9.21 Å². The third-order valence-corrected chi connectivity index (χ3v) is 7.64. The maximum absolute atomic E-state index is 12.9.